The molecule has 0 fully saturated rings. The third-order valence-electron chi connectivity index (χ3n) is 2.97. The van der Waals surface area contributed by atoms with Crippen molar-refractivity contribution in [3.05, 3.63) is 22.2 Å². The molecule has 0 aliphatic heterocycles. The lowest BCUT2D eigenvalue weighted by Crippen LogP contribution is -2.25. The van der Waals surface area contributed by atoms with Gasteiger partial charge in [0.1, 0.15) is 0 Å². The number of anilines is 1. The van der Waals surface area contributed by atoms with Crippen LogP contribution in [0.15, 0.2) is 21.5 Å². The van der Waals surface area contributed by atoms with Crippen LogP contribution in [0, 0.1) is 6.92 Å². The van der Waals surface area contributed by atoms with Crippen LogP contribution in [-0.2, 0) is 14.8 Å². The fourth-order valence-electron chi connectivity index (χ4n) is 1.79. The molecule has 1 aromatic rings. The number of sulfonamides is 1. The van der Waals surface area contributed by atoms with Crippen molar-refractivity contribution in [1.29, 1.82) is 0 Å². The van der Waals surface area contributed by atoms with Gasteiger partial charge in [0.25, 0.3) is 0 Å². The Morgan fingerprint density at radius 1 is 1.30 bits per heavy atom. The second kappa shape index (κ2) is 7.97. The van der Waals surface area contributed by atoms with Gasteiger partial charge in [0, 0.05) is 30.4 Å². The van der Waals surface area contributed by atoms with Crippen LogP contribution >= 0.6 is 15.9 Å². The Morgan fingerprint density at radius 2 is 2.00 bits per heavy atom. The van der Waals surface area contributed by atoms with E-state index in [1.54, 1.807) is 26.2 Å². The maximum atomic E-state index is 12.2. The molecule has 0 atom stereocenters. The van der Waals surface area contributed by atoms with Crippen LogP contribution in [0.4, 0.5) is 5.69 Å². The van der Waals surface area contributed by atoms with Gasteiger partial charge in [0.15, 0.2) is 0 Å². The topological polar surface area (TPSA) is 81.4 Å². The normalized spacial score (nSPS) is 11.8. The Labute approximate surface area is 129 Å². The number of nitrogen functional groups attached to an aromatic ring is 1. The Morgan fingerprint density at radius 3 is 2.65 bits per heavy atom. The molecular weight excluding hydrogens is 344 g/mol. The molecule has 3 N–H and O–H groups in total. The van der Waals surface area contributed by atoms with Gasteiger partial charge < -0.3 is 10.5 Å². The average Bonchev–Trinajstić information content (AvgIpc) is 2.37. The molecule has 0 spiro atoms. The SMILES string of the molecule is COCCCCCNS(=O)(=O)c1cc(Br)cc(N)c1C. The van der Waals surface area contributed by atoms with Crippen molar-refractivity contribution in [2.24, 2.45) is 0 Å². The Hall–Kier alpha value is -0.630. The summed E-state index contributed by atoms with van der Waals surface area (Å²) in [6, 6.07) is 3.26. The number of rotatable bonds is 8. The van der Waals surface area contributed by atoms with Crippen LogP contribution in [0.1, 0.15) is 24.8 Å². The van der Waals surface area contributed by atoms with E-state index in [1.165, 1.54) is 0 Å². The van der Waals surface area contributed by atoms with Crippen LogP contribution in [-0.4, -0.2) is 28.7 Å². The maximum absolute atomic E-state index is 12.2. The van der Waals surface area contributed by atoms with Gasteiger partial charge >= 0.3 is 0 Å². The van der Waals surface area contributed by atoms with Crippen molar-refractivity contribution in [3.8, 4) is 0 Å². The van der Waals surface area contributed by atoms with Gasteiger partial charge in [-0.2, -0.15) is 0 Å². The molecule has 114 valence electrons. The lowest BCUT2D eigenvalue weighted by atomic mass is 10.2. The minimum absolute atomic E-state index is 0.223. The molecule has 0 aromatic heterocycles. The van der Waals surface area contributed by atoms with Crippen molar-refractivity contribution >= 4 is 31.6 Å². The maximum Gasteiger partial charge on any atom is 0.240 e. The average molecular weight is 365 g/mol. The number of hydrogen-bond donors (Lipinski definition) is 2. The number of nitrogens with two attached hydrogens (primary N) is 1. The Bertz CT molecular complexity index is 547. The number of halogens is 1. The van der Waals surface area contributed by atoms with Crippen molar-refractivity contribution < 1.29 is 13.2 Å². The second-order valence-electron chi connectivity index (χ2n) is 4.57. The van der Waals surface area contributed by atoms with Crippen molar-refractivity contribution in [1.82, 2.24) is 4.72 Å². The fourth-order valence-corrected chi connectivity index (χ4v) is 3.78. The Kier molecular flexibility index (Phi) is 6.94. The van der Waals surface area contributed by atoms with E-state index in [0.717, 1.165) is 19.3 Å². The van der Waals surface area contributed by atoms with Gasteiger partial charge in [-0.15, -0.1) is 0 Å². The van der Waals surface area contributed by atoms with Gasteiger partial charge in [-0.25, -0.2) is 13.1 Å². The number of nitrogens with one attached hydrogen (secondary N) is 1. The van der Waals surface area contributed by atoms with Crippen LogP contribution in [0.5, 0.6) is 0 Å². The first-order valence-electron chi connectivity index (χ1n) is 6.42. The summed E-state index contributed by atoms with van der Waals surface area (Å²) in [4.78, 5) is 0.223. The van der Waals surface area contributed by atoms with Crippen LogP contribution < -0.4 is 10.5 Å². The third-order valence-corrected chi connectivity index (χ3v) is 5.02. The van der Waals surface area contributed by atoms with Gasteiger partial charge in [-0.05, 0) is 43.9 Å². The molecule has 0 saturated carbocycles. The van der Waals surface area contributed by atoms with Crippen LogP contribution in [0.3, 0.4) is 0 Å². The van der Waals surface area contributed by atoms with Gasteiger partial charge in [0.05, 0.1) is 4.90 Å². The van der Waals surface area contributed by atoms with Crippen molar-refractivity contribution in [2.45, 2.75) is 31.1 Å². The highest BCUT2D eigenvalue weighted by atomic mass is 79.9. The summed E-state index contributed by atoms with van der Waals surface area (Å²) in [6.45, 7) is 2.82. The molecule has 0 aliphatic carbocycles. The van der Waals surface area contributed by atoms with E-state index < -0.39 is 10.0 Å². The predicted molar refractivity (Wildman–Crippen MR) is 84.2 cm³/mol. The van der Waals surface area contributed by atoms with Crippen LogP contribution in [0.25, 0.3) is 0 Å². The first-order valence-corrected chi connectivity index (χ1v) is 8.70. The number of hydrogen-bond acceptors (Lipinski definition) is 4. The first kappa shape index (κ1) is 17.4. The molecule has 7 heteroatoms. The molecule has 5 nitrogen and oxygen atoms in total. The number of unbranched alkanes of at least 4 members (excludes halogenated alkanes) is 2. The molecule has 1 aromatic carbocycles. The van der Waals surface area contributed by atoms with Gasteiger partial charge in [-0.1, -0.05) is 15.9 Å². The molecule has 0 heterocycles. The Balaban J connectivity index is 2.65. The van der Waals surface area contributed by atoms with E-state index in [9.17, 15) is 8.42 Å². The summed E-state index contributed by atoms with van der Waals surface area (Å²) in [6.07, 6.45) is 2.64. The summed E-state index contributed by atoms with van der Waals surface area (Å²) in [7, 11) is -1.86. The monoisotopic (exact) mass is 364 g/mol. The van der Waals surface area contributed by atoms with Crippen LogP contribution in [0.2, 0.25) is 0 Å². The van der Waals surface area contributed by atoms with Crippen molar-refractivity contribution in [2.75, 3.05) is 26.0 Å². The van der Waals surface area contributed by atoms with E-state index in [1.807, 2.05) is 0 Å². The molecule has 0 aliphatic rings. The lowest BCUT2D eigenvalue weighted by Gasteiger charge is -2.11. The smallest absolute Gasteiger partial charge is 0.240 e. The molecule has 0 radical (unpaired) electrons. The zero-order chi connectivity index (χ0) is 15.2. The summed E-state index contributed by atoms with van der Waals surface area (Å²) < 4.78 is 32.7. The van der Waals surface area contributed by atoms with Gasteiger partial charge in [0.2, 0.25) is 10.0 Å². The zero-order valence-electron chi connectivity index (χ0n) is 11.8. The molecule has 1 rings (SSSR count). The number of methoxy groups -OCH3 is 1. The zero-order valence-corrected chi connectivity index (χ0v) is 14.2. The van der Waals surface area contributed by atoms with E-state index in [2.05, 4.69) is 20.7 Å². The highest BCUT2D eigenvalue weighted by Gasteiger charge is 2.18. The summed E-state index contributed by atoms with van der Waals surface area (Å²) >= 11 is 3.26. The molecule has 0 saturated heterocycles. The lowest BCUT2D eigenvalue weighted by molar-refractivity contribution is 0.192. The standard InChI is InChI=1S/C13H21BrN2O3S/c1-10-12(15)8-11(14)9-13(10)20(17,18)16-6-4-3-5-7-19-2/h8-9,16H,3-7,15H2,1-2H3. The molecule has 0 unspecified atom stereocenters. The van der Waals surface area contributed by atoms with E-state index in [0.29, 0.717) is 28.9 Å². The fraction of sp³-hybridized carbons (Fsp3) is 0.538. The summed E-state index contributed by atoms with van der Waals surface area (Å²) in [5.41, 5.74) is 6.82. The highest BCUT2D eigenvalue weighted by Crippen LogP contribution is 2.26. The van der Waals surface area contributed by atoms with Crippen molar-refractivity contribution in [3.63, 3.8) is 0 Å². The third kappa shape index (κ3) is 5.05. The summed E-state index contributed by atoms with van der Waals surface area (Å²) in [5, 5.41) is 0. The molecule has 0 amide bonds. The highest BCUT2D eigenvalue weighted by molar-refractivity contribution is 9.10. The predicted octanol–water partition coefficient (Wildman–Crippen LogP) is 2.43. The van der Waals surface area contributed by atoms with E-state index >= 15 is 0 Å². The molecule has 20 heavy (non-hydrogen) atoms. The molecular formula is C13H21BrN2O3S. The quantitative estimate of drug-likeness (QED) is 0.548. The second-order valence-corrected chi connectivity index (χ2v) is 7.22. The molecule has 0 bridgehead atoms. The number of benzene rings is 1. The first-order chi connectivity index (χ1) is 9.38. The van der Waals surface area contributed by atoms with E-state index in [-0.39, 0.29) is 4.90 Å². The summed E-state index contributed by atoms with van der Waals surface area (Å²) in [5.74, 6) is 0. The van der Waals surface area contributed by atoms with E-state index in [4.69, 9.17) is 10.5 Å². The van der Waals surface area contributed by atoms with Gasteiger partial charge in [-0.3, -0.25) is 0 Å². The minimum Gasteiger partial charge on any atom is -0.398 e. The largest absolute Gasteiger partial charge is 0.398 e. The number of ether oxygens (including phenoxy) is 1. The minimum atomic E-state index is -3.52.